The maximum Gasteiger partial charge on any atom is 0.195 e. The van der Waals surface area contributed by atoms with Crippen LogP contribution in [0.15, 0.2) is 28.2 Å². The first-order valence-corrected chi connectivity index (χ1v) is 7.23. The molecule has 3 aromatic rings. The molecular weight excluding hydrogens is 280 g/mol. The van der Waals surface area contributed by atoms with Crippen molar-refractivity contribution >= 4 is 23.6 Å². The molecule has 0 spiro atoms. The van der Waals surface area contributed by atoms with E-state index in [0.29, 0.717) is 4.77 Å². The predicted molar refractivity (Wildman–Crippen MR) is 76.5 cm³/mol. The minimum atomic E-state index is 0.629. The number of hydrogen-bond acceptors (Lipinski definition) is 5. The average Bonchev–Trinajstić information content (AvgIpc) is 3.10. The molecule has 0 bridgehead atoms. The van der Waals surface area contributed by atoms with E-state index in [1.807, 2.05) is 22.1 Å². The fraction of sp³-hybridized carbons (Fsp3) is 0.250. The van der Waals surface area contributed by atoms with Crippen LogP contribution in [0, 0.1) is 4.77 Å². The molecule has 0 saturated heterocycles. The van der Waals surface area contributed by atoms with Gasteiger partial charge >= 0.3 is 0 Å². The summed E-state index contributed by atoms with van der Waals surface area (Å²) in [6.07, 6.45) is 2.64. The van der Waals surface area contributed by atoms with Crippen molar-refractivity contribution in [2.24, 2.45) is 0 Å². The number of rotatable bonds is 4. The van der Waals surface area contributed by atoms with Gasteiger partial charge in [-0.2, -0.15) is 5.10 Å². The van der Waals surface area contributed by atoms with Crippen LogP contribution in [0.5, 0.6) is 0 Å². The molecule has 0 unspecified atom stereocenters. The van der Waals surface area contributed by atoms with E-state index in [4.69, 9.17) is 16.6 Å². The van der Waals surface area contributed by atoms with Crippen LogP contribution in [0.2, 0.25) is 0 Å². The van der Waals surface area contributed by atoms with E-state index < -0.39 is 0 Å². The highest BCUT2D eigenvalue weighted by Crippen LogP contribution is 2.28. The first kappa shape index (κ1) is 12.3. The lowest BCUT2D eigenvalue weighted by atomic mass is 10.4. The molecule has 3 aromatic heterocycles. The van der Waals surface area contributed by atoms with Gasteiger partial charge in [0, 0.05) is 11.9 Å². The number of thiazole rings is 1. The van der Waals surface area contributed by atoms with Crippen LogP contribution in [0.25, 0.3) is 22.3 Å². The van der Waals surface area contributed by atoms with E-state index >= 15 is 0 Å². The smallest absolute Gasteiger partial charge is 0.195 e. The molecule has 98 valence electrons. The Hall–Kier alpha value is -1.73. The third-order valence-corrected chi connectivity index (χ3v) is 3.84. The first-order chi connectivity index (χ1) is 9.29. The molecule has 0 fully saturated rings. The summed E-state index contributed by atoms with van der Waals surface area (Å²) in [5, 5.41) is 9.89. The summed E-state index contributed by atoms with van der Waals surface area (Å²) in [5.41, 5.74) is 0.817. The minimum absolute atomic E-state index is 0.629. The Morgan fingerprint density at radius 3 is 3.16 bits per heavy atom. The topological polar surface area (TPSA) is 59.6 Å². The molecule has 5 nitrogen and oxygen atoms in total. The quantitative estimate of drug-likeness (QED) is 0.744. The molecular formula is C12H12N4OS2. The highest BCUT2D eigenvalue weighted by Gasteiger charge is 2.13. The summed E-state index contributed by atoms with van der Waals surface area (Å²) in [7, 11) is 0. The Morgan fingerprint density at radius 1 is 1.53 bits per heavy atom. The van der Waals surface area contributed by atoms with Crippen molar-refractivity contribution in [2.45, 2.75) is 19.9 Å². The van der Waals surface area contributed by atoms with Crippen LogP contribution >= 0.6 is 23.6 Å². The van der Waals surface area contributed by atoms with E-state index in [2.05, 4.69) is 22.1 Å². The van der Waals surface area contributed by atoms with Crippen molar-refractivity contribution < 1.29 is 4.42 Å². The predicted octanol–water partition coefficient (Wildman–Crippen LogP) is 3.73. The van der Waals surface area contributed by atoms with E-state index in [1.54, 1.807) is 6.26 Å². The normalized spacial score (nSPS) is 11.0. The van der Waals surface area contributed by atoms with Crippen molar-refractivity contribution in [2.75, 3.05) is 0 Å². The maximum absolute atomic E-state index is 5.34. The van der Waals surface area contributed by atoms with Gasteiger partial charge in [0.15, 0.2) is 21.4 Å². The standard InChI is InChI=1S/C12H12N4OS2/c1-2-5-16-10(14-15-12(16)18)8-7-19-11(13-8)9-4-3-6-17-9/h3-4,6-7H,2,5H2,1H3,(H,15,18). The molecule has 1 N–H and O–H groups in total. The molecule has 19 heavy (non-hydrogen) atoms. The fourth-order valence-electron chi connectivity index (χ4n) is 1.83. The number of furan rings is 1. The second-order valence-corrected chi connectivity index (χ2v) is 5.26. The van der Waals surface area contributed by atoms with Crippen molar-refractivity contribution in [1.82, 2.24) is 19.7 Å². The molecule has 0 saturated carbocycles. The van der Waals surface area contributed by atoms with Crippen molar-refractivity contribution in [3.05, 3.63) is 28.5 Å². The van der Waals surface area contributed by atoms with Crippen molar-refractivity contribution in [3.8, 4) is 22.3 Å². The average molecular weight is 292 g/mol. The molecule has 3 heterocycles. The van der Waals surface area contributed by atoms with Crippen LogP contribution in [-0.4, -0.2) is 19.7 Å². The van der Waals surface area contributed by atoms with Gasteiger partial charge in [0.25, 0.3) is 0 Å². The molecule has 0 atom stereocenters. The van der Waals surface area contributed by atoms with E-state index in [9.17, 15) is 0 Å². The second kappa shape index (κ2) is 5.10. The molecule has 0 aromatic carbocycles. The summed E-state index contributed by atoms with van der Waals surface area (Å²) >= 11 is 6.76. The van der Waals surface area contributed by atoms with Gasteiger partial charge in [0.1, 0.15) is 5.69 Å². The lowest BCUT2D eigenvalue weighted by Gasteiger charge is -2.01. The van der Waals surface area contributed by atoms with Gasteiger partial charge in [-0.25, -0.2) is 4.98 Å². The Balaban J connectivity index is 2.01. The van der Waals surface area contributed by atoms with Crippen LogP contribution < -0.4 is 0 Å². The highest BCUT2D eigenvalue weighted by molar-refractivity contribution is 7.71. The zero-order valence-electron chi connectivity index (χ0n) is 10.3. The third kappa shape index (κ3) is 2.26. The van der Waals surface area contributed by atoms with Crippen molar-refractivity contribution in [3.63, 3.8) is 0 Å². The summed E-state index contributed by atoms with van der Waals surface area (Å²) < 4.78 is 7.94. The summed E-state index contributed by atoms with van der Waals surface area (Å²) in [4.78, 5) is 4.55. The Labute approximate surface area is 118 Å². The summed E-state index contributed by atoms with van der Waals surface area (Å²) in [6.45, 7) is 2.94. The molecule has 0 aliphatic heterocycles. The molecule has 3 rings (SSSR count). The maximum atomic E-state index is 5.34. The zero-order valence-corrected chi connectivity index (χ0v) is 11.9. The van der Waals surface area contributed by atoms with Crippen LogP contribution in [0.4, 0.5) is 0 Å². The highest BCUT2D eigenvalue weighted by atomic mass is 32.1. The molecule has 7 heteroatoms. The Kier molecular flexibility index (Phi) is 3.31. The van der Waals surface area contributed by atoms with Gasteiger partial charge in [-0.05, 0) is 30.8 Å². The molecule has 0 radical (unpaired) electrons. The molecule has 0 aliphatic rings. The summed E-state index contributed by atoms with van der Waals surface area (Å²) in [5.74, 6) is 1.55. The number of H-pyrrole nitrogens is 1. The number of aromatic nitrogens is 4. The number of nitrogens with one attached hydrogen (secondary N) is 1. The van der Waals surface area contributed by atoms with Gasteiger partial charge in [-0.15, -0.1) is 11.3 Å². The van der Waals surface area contributed by atoms with Gasteiger partial charge in [0.2, 0.25) is 0 Å². The number of hydrogen-bond donors (Lipinski definition) is 1. The Bertz CT molecular complexity index is 723. The van der Waals surface area contributed by atoms with Gasteiger partial charge < -0.3 is 4.42 Å². The third-order valence-electron chi connectivity index (χ3n) is 2.67. The van der Waals surface area contributed by atoms with Gasteiger partial charge in [0.05, 0.1) is 6.26 Å². The SMILES string of the molecule is CCCn1c(-c2csc(-c3ccco3)n2)n[nH]c1=S. The summed E-state index contributed by atoms with van der Waals surface area (Å²) in [6, 6.07) is 3.75. The Morgan fingerprint density at radius 2 is 2.42 bits per heavy atom. The first-order valence-electron chi connectivity index (χ1n) is 5.94. The lowest BCUT2D eigenvalue weighted by Crippen LogP contribution is -2.00. The van der Waals surface area contributed by atoms with Crippen LogP contribution in [0.1, 0.15) is 13.3 Å². The monoisotopic (exact) mass is 292 g/mol. The number of nitrogens with zero attached hydrogens (tertiary/aromatic N) is 3. The van der Waals surface area contributed by atoms with E-state index in [0.717, 1.165) is 35.3 Å². The zero-order chi connectivity index (χ0) is 13.2. The van der Waals surface area contributed by atoms with Gasteiger partial charge in [-0.3, -0.25) is 9.67 Å². The molecule has 0 aliphatic carbocycles. The minimum Gasteiger partial charge on any atom is -0.462 e. The van der Waals surface area contributed by atoms with Crippen LogP contribution in [-0.2, 0) is 6.54 Å². The van der Waals surface area contributed by atoms with Gasteiger partial charge in [-0.1, -0.05) is 6.92 Å². The number of aromatic amines is 1. The largest absolute Gasteiger partial charge is 0.462 e. The van der Waals surface area contributed by atoms with E-state index in [-0.39, 0.29) is 0 Å². The van der Waals surface area contributed by atoms with Crippen molar-refractivity contribution in [1.29, 1.82) is 0 Å². The second-order valence-electron chi connectivity index (χ2n) is 4.02. The van der Waals surface area contributed by atoms with E-state index in [1.165, 1.54) is 11.3 Å². The lowest BCUT2D eigenvalue weighted by molar-refractivity contribution is 0.582. The molecule has 0 amide bonds. The van der Waals surface area contributed by atoms with Crippen LogP contribution in [0.3, 0.4) is 0 Å². The fourth-order valence-corrected chi connectivity index (χ4v) is 2.82.